The Hall–Kier alpha value is -0.480. The van der Waals surface area contributed by atoms with Crippen LogP contribution < -0.4 is 11.1 Å². The third-order valence-corrected chi connectivity index (χ3v) is 2.27. The van der Waals surface area contributed by atoms with Gasteiger partial charge in [-0.25, -0.2) is 0 Å². The Morgan fingerprint density at radius 3 is 2.60 bits per heavy atom. The Balaban J connectivity index is 2.85. The second-order valence-corrected chi connectivity index (χ2v) is 4.37. The van der Waals surface area contributed by atoms with Gasteiger partial charge in [-0.1, -0.05) is 34.8 Å². The lowest BCUT2D eigenvalue weighted by Crippen LogP contribution is -2.18. The summed E-state index contributed by atoms with van der Waals surface area (Å²) in [4.78, 5) is 10.1. The normalized spacial score (nSPS) is 10.5. The Bertz CT molecular complexity index is 368. The Kier molecular flexibility index (Phi) is 4.67. The molecule has 15 heavy (non-hydrogen) atoms. The van der Waals surface area contributed by atoms with Gasteiger partial charge in [0.2, 0.25) is 0 Å². The van der Waals surface area contributed by atoms with Crippen molar-refractivity contribution >= 4 is 46.4 Å². The van der Waals surface area contributed by atoms with Crippen LogP contribution in [0.2, 0.25) is 5.02 Å². The number of benzene rings is 1. The summed E-state index contributed by atoms with van der Waals surface area (Å²) >= 11 is 16.6. The van der Waals surface area contributed by atoms with Crippen LogP contribution in [0.3, 0.4) is 0 Å². The van der Waals surface area contributed by atoms with E-state index in [0.717, 1.165) is 5.56 Å². The van der Waals surface area contributed by atoms with E-state index >= 15 is 0 Å². The molecule has 0 saturated heterocycles. The summed E-state index contributed by atoms with van der Waals surface area (Å²) in [6.45, 7) is 0.342. The monoisotopic (exact) mass is 266 g/mol. The molecule has 82 valence electrons. The maximum Gasteiger partial charge on any atom is 0.257 e. The van der Waals surface area contributed by atoms with Crippen molar-refractivity contribution in [1.29, 1.82) is 0 Å². The summed E-state index contributed by atoms with van der Waals surface area (Å²) in [6, 6.07) is 5.02. The number of amides is 1. The van der Waals surface area contributed by atoms with E-state index in [2.05, 4.69) is 5.32 Å². The zero-order valence-electron chi connectivity index (χ0n) is 7.64. The van der Waals surface area contributed by atoms with Crippen molar-refractivity contribution in [2.75, 3.05) is 5.32 Å². The molecule has 0 atom stereocenters. The summed E-state index contributed by atoms with van der Waals surface area (Å²) in [5.74, 6) is -0.497. The maximum atomic E-state index is 11.2. The lowest BCUT2D eigenvalue weighted by atomic mass is 10.2. The lowest BCUT2D eigenvalue weighted by Gasteiger charge is -2.07. The van der Waals surface area contributed by atoms with Crippen LogP contribution in [0.25, 0.3) is 0 Å². The molecule has 1 aromatic carbocycles. The van der Waals surface area contributed by atoms with Crippen LogP contribution in [0.4, 0.5) is 5.69 Å². The number of nitrogens with one attached hydrogen (secondary N) is 1. The number of rotatable bonds is 3. The van der Waals surface area contributed by atoms with Gasteiger partial charge in [0.15, 0.2) is 4.84 Å². The van der Waals surface area contributed by atoms with Crippen molar-refractivity contribution in [3.05, 3.63) is 28.8 Å². The first kappa shape index (κ1) is 12.6. The van der Waals surface area contributed by atoms with Gasteiger partial charge in [-0.15, -0.1) is 0 Å². The molecule has 0 aliphatic rings. The zero-order chi connectivity index (χ0) is 11.4. The van der Waals surface area contributed by atoms with Crippen molar-refractivity contribution in [3.63, 3.8) is 0 Å². The summed E-state index contributed by atoms with van der Waals surface area (Å²) in [7, 11) is 0. The smallest absolute Gasteiger partial charge is 0.257 e. The fourth-order valence-electron chi connectivity index (χ4n) is 1.04. The topological polar surface area (TPSA) is 55.1 Å². The van der Waals surface area contributed by atoms with Gasteiger partial charge in [0, 0.05) is 17.3 Å². The maximum absolute atomic E-state index is 11.2. The number of hydrogen-bond acceptors (Lipinski definition) is 2. The Morgan fingerprint density at radius 1 is 1.40 bits per heavy atom. The number of nitrogens with two attached hydrogens (primary N) is 1. The molecule has 0 fully saturated rings. The van der Waals surface area contributed by atoms with Crippen molar-refractivity contribution in [1.82, 2.24) is 0 Å². The molecule has 6 heteroatoms. The zero-order valence-corrected chi connectivity index (χ0v) is 9.90. The quantitative estimate of drug-likeness (QED) is 0.827. The molecule has 3 N–H and O–H groups in total. The lowest BCUT2D eigenvalue weighted by molar-refractivity contribution is -0.114. The third-order valence-electron chi connectivity index (χ3n) is 1.66. The van der Waals surface area contributed by atoms with E-state index in [9.17, 15) is 4.79 Å². The molecule has 0 radical (unpaired) electrons. The summed E-state index contributed by atoms with van der Waals surface area (Å²) in [5.41, 5.74) is 6.80. The molecule has 0 bridgehead atoms. The van der Waals surface area contributed by atoms with Crippen LogP contribution in [0.1, 0.15) is 5.56 Å². The predicted octanol–water partition coefficient (Wildman–Crippen LogP) is 2.54. The molecule has 1 aromatic rings. The first-order chi connectivity index (χ1) is 7.02. The summed E-state index contributed by atoms with van der Waals surface area (Å²) in [6.07, 6.45) is 0. The Labute approximate surface area is 102 Å². The summed E-state index contributed by atoms with van der Waals surface area (Å²) < 4.78 is 0. The average molecular weight is 268 g/mol. The highest BCUT2D eigenvalue weighted by Gasteiger charge is 2.11. The van der Waals surface area contributed by atoms with Gasteiger partial charge in [-0.3, -0.25) is 4.79 Å². The van der Waals surface area contributed by atoms with Gasteiger partial charge >= 0.3 is 0 Å². The average Bonchev–Trinajstić information content (AvgIpc) is 2.16. The predicted molar refractivity (Wildman–Crippen MR) is 63.5 cm³/mol. The minimum Gasteiger partial charge on any atom is -0.326 e. The van der Waals surface area contributed by atoms with Gasteiger partial charge in [-0.05, 0) is 23.8 Å². The van der Waals surface area contributed by atoms with E-state index in [0.29, 0.717) is 17.3 Å². The van der Waals surface area contributed by atoms with Crippen LogP contribution in [0, 0.1) is 0 Å². The van der Waals surface area contributed by atoms with Gasteiger partial charge < -0.3 is 11.1 Å². The largest absolute Gasteiger partial charge is 0.326 e. The molecule has 0 saturated carbocycles. The summed E-state index contributed by atoms with van der Waals surface area (Å²) in [5, 5.41) is 3.01. The number of alkyl halides is 2. The van der Waals surface area contributed by atoms with Crippen LogP contribution >= 0.6 is 34.8 Å². The van der Waals surface area contributed by atoms with Crippen LogP contribution in [0.15, 0.2) is 18.2 Å². The fraction of sp³-hybridized carbons (Fsp3) is 0.222. The van der Waals surface area contributed by atoms with Crippen LogP contribution in [-0.4, -0.2) is 10.7 Å². The molecule has 3 nitrogen and oxygen atoms in total. The number of hydrogen-bond donors (Lipinski definition) is 2. The molecular formula is C9H9Cl3N2O. The van der Waals surface area contributed by atoms with Crippen LogP contribution in [-0.2, 0) is 11.3 Å². The second-order valence-electron chi connectivity index (χ2n) is 2.84. The number of carbonyl (C=O) groups is 1. The molecule has 0 heterocycles. The molecule has 0 aromatic heterocycles. The highest BCUT2D eigenvalue weighted by molar-refractivity contribution is 6.54. The van der Waals surface area contributed by atoms with Crippen LogP contribution in [0.5, 0.6) is 0 Å². The minimum atomic E-state index is -1.11. The van der Waals surface area contributed by atoms with Gasteiger partial charge in [0.05, 0.1) is 0 Å². The van der Waals surface area contributed by atoms with E-state index in [1.165, 1.54) is 0 Å². The number of halogens is 3. The van der Waals surface area contributed by atoms with E-state index in [-0.39, 0.29) is 0 Å². The molecule has 1 rings (SSSR count). The number of carbonyl (C=O) groups excluding carboxylic acids is 1. The van der Waals surface area contributed by atoms with E-state index in [1.54, 1.807) is 18.2 Å². The third kappa shape index (κ3) is 3.87. The van der Waals surface area contributed by atoms with E-state index in [1.807, 2.05) is 0 Å². The minimum absolute atomic E-state index is 0.342. The molecule has 0 spiro atoms. The van der Waals surface area contributed by atoms with Gasteiger partial charge in [0.1, 0.15) is 0 Å². The van der Waals surface area contributed by atoms with Crippen molar-refractivity contribution in [3.8, 4) is 0 Å². The van der Waals surface area contributed by atoms with E-state index in [4.69, 9.17) is 40.5 Å². The van der Waals surface area contributed by atoms with Gasteiger partial charge in [-0.2, -0.15) is 0 Å². The molecule has 0 aliphatic heterocycles. The molecule has 0 aliphatic carbocycles. The SMILES string of the molecule is NCc1cc(Cl)cc(NC(=O)C(Cl)Cl)c1. The first-order valence-corrected chi connectivity index (χ1v) is 5.36. The standard InChI is InChI=1S/C9H9Cl3N2O/c10-6-1-5(4-13)2-7(3-6)14-9(15)8(11)12/h1-3,8H,4,13H2,(H,14,15). The van der Waals surface area contributed by atoms with Crippen molar-refractivity contribution < 1.29 is 4.79 Å². The highest BCUT2D eigenvalue weighted by Crippen LogP contribution is 2.19. The second kappa shape index (κ2) is 5.56. The van der Waals surface area contributed by atoms with Crippen molar-refractivity contribution in [2.24, 2.45) is 5.73 Å². The fourth-order valence-corrected chi connectivity index (χ4v) is 1.40. The first-order valence-electron chi connectivity index (χ1n) is 4.11. The molecular weight excluding hydrogens is 258 g/mol. The molecule has 0 unspecified atom stereocenters. The highest BCUT2D eigenvalue weighted by atomic mass is 35.5. The number of anilines is 1. The van der Waals surface area contributed by atoms with Crippen molar-refractivity contribution in [2.45, 2.75) is 11.4 Å². The van der Waals surface area contributed by atoms with E-state index < -0.39 is 10.7 Å². The van der Waals surface area contributed by atoms with Gasteiger partial charge in [0.25, 0.3) is 5.91 Å². The Morgan fingerprint density at radius 2 is 2.07 bits per heavy atom. The molecule has 1 amide bonds.